The first-order chi connectivity index (χ1) is 15.4. The minimum Gasteiger partial charge on any atom is -0.422 e. The molecule has 0 saturated heterocycles. The number of nitriles is 1. The molecule has 0 unspecified atom stereocenters. The summed E-state index contributed by atoms with van der Waals surface area (Å²) < 4.78 is 5.46. The van der Waals surface area contributed by atoms with Crippen molar-refractivity contribution in [1.29, 1.82) is 5.26 Å². The Kier molecular flexibility index (Phi) is 6.73. The Bertz CT molecular complexity index is 1260. The molecule has 0 aliphatic rings. The van der Waals surface area contributed by atoms with Gasteiger partial charge >= 0.3 is 5.97 Å². The van der Waals surface area contributed by atoms with Crippen molar-refractivity contribution in [3.8, 4) is 11.8 Å². The van der Waals surface area contributed by atoms with Crippen molar-refractivity contribution < 1.29 is 19.2 Å². The first-order valence-corrected chi connectivity index (χ1v) is 9.43. The number of nitro groups is 1. The third-order valence-electron chi connectivity index (χ3n) is 4.39. The molecule has 0 radical (unpaired) electrons. The number of ether oxygens (including phenoxy) is 1. The Hall–Kier alpha value is -4.77. The molecule has 32 heavy (non-hydrogen) atoms. The van der Waals surface area contributed by atoms with Gasteiger partial charge in [-0.25, -0.2) is 4.79 Å². The molecule has 0 atom stereocenters. The van der Waals surface area contributed by atoms with Gasteiger partial charge in [0.1, 0.15) is 17.4 Å². The highest BCUT2D eigenvalue weighted by Gasteiger charge is 2.15. The molecule has 0 spiro atoms. The smallest absolute Gasteiger partial charge is 0.343 e. The average molecular weight is 427 g/mol. The molecular weight excluding hydrogens is 410 g/mol. The molecule has 0 aliphatic heterocycles. The fourth-order valence-corrected chi connectivity index (χ4v) is 2.74. The number of nitro benzene ring substituents is 1. The van der Waals surface area contributed by atoms with Crippen molar-refractivity contribution >= 4 is 29.3 Å². The summed E-state index contributed by atoms with van der Waals surface area (Å²) in [6, 6.07) is 20.5. The van der Waals surface area contributed by atoms with E-state index in [1.54, 1.807) is 54.6 Å². The zero-order valence-electron chi connectivity index (χ0n) is 16.9. The van der Waals surface area contributed by atoms with Gasteiger partial charge < -0.3 is 10.1 Å². The molecule has 0 saturated carbocycles. The average Bonchev–Trinajstić information content (AvgIpc) is 2.79. The molecule has 158 valence electrons. The van der Waals surface area contributed by atoms with Gasteiger partial charge in [0.25, 0.3) is 11.6 Å². The van der Waals surface area contributed by atoms with Gasteiger partial charge in [-0.2, -0.15) is 5.26 Å². The van der Waals surface area contributed by atoms with E-state index >= 15 is 0 Å². The first-order valence-electron chi connectivity index (χ1n) is 9.43. The number of benzene rings is 3. The Morgan fingerprint density at radius 2 is 1.78 bits per heavy atom. The summed E-state index contributed by atoms with van der Waals surface area (Å²) in [7, 11) is 0. The quantitative estimate of drug-likeness (QED) is 0.152. The molecule has 0 heterocycles. The van der Waals surface area contributed by atoms with Crippen molar-refractivity contribution in [2.24, 2.45) is 0 Å². The Morgan fingerprint density at radius 1 is 1.06 bits per heavy atom. The first kappa shape index (κ1) is 21.9. The lowest BCUT2D eigenvalue weighted by Crippen LogP contribution is -2.14. The number of carbonyl (C=O) groups is 2. The topological polar surface area (TPSA) is 122 Å². The predicted molar refractivity (Wildman–Crippen MR) is 118 cm³/mol. The molecule has 3 rings (SSSR count). The summed E-state index contributed by atoms with van der Waals surface area (Å²) in [5.41, 5.74) is 1.41. The SMILES string of the molecule is Cc1ccc(C(=O)Oc2ccccc2/C=C(\C#N)C(=O)Nc2cccc([N+](=O)[O-])c2)cc1. The molecule has 3 aromatic carbocycles. The summed E-state index contributed by atoms with van der Waals surface area (Å²) in [5.74, 6) is -1.16. The number of para-hydroxylation sites is 1. The number of rotatable bonds is 6. The normalized spacial score (nSPS) is 10.7. The van der Waals surface area contributed by atoms with Crippen LogP contribution in [0, 0.1) is 28.4 Å². The van der Waals surface area contributed by atoms with E-state index in [2.05, 4.69) is 5.32 Å². The molecule has 0 fully saturated rings. The number of aryl methyl sites for hydroxylation is 1. The molecule has 3 aromatic rings. The van der Waals surface area contributed by atoms with Crippen LogP contribution in [0.15, 0.2) is 78.4 Å². The summed E-state index contributed by atoms with van der Waals surface area (Å²) in [5, 5.41) is 22.8. The van der Waals surface area contributed by atoms with Crippen LogP contribution in [0.1, 0.15) is 21.5 Å². The number of nitrogens with zero attached hydrogens (tertiary/aromatic N) is 2. The highest BCUT2D eigenvalue weighted by atomic mass is 16.6. The highest BCUT2D eigenvalue weighted by molar-refractivity contribution is 6.10. The molecule has 0 aromatic heterocycles. The van der Waals surface area contributed by atoms with Crippen LogP contribution in [0.4, 0.5) is 11.4 Å². The number of hydrogen-bond acceptors (Lipinski definition) is 6. The number of esters is 1. The lowest BCUT2D eigenvalue weighted by Gasteiger charge is -2.09. The van der Waals surface area contributed by atoms with Gasteiger partial charge in [0, 0.05) is 23.4 Å². The Labute approximate surface area is 183 Å². The van der Waals surface area contributed by atoms with Crippen LogP contribution < -0.4 is 10.1 Å². The molecule has 0 aliphatic carbocycles. The summed E-state index contributed by atoms with van der Waals surface area (Å²) in [6.45, 7) is 1.90. The maximum atomic E-state index is 12.5. The number of hydrogen-bond donors (Lipinski definition) is 1. The van der Waals surface area contributed by atoms with Crippen molar-refractivity contribution in [2.75, 3.05) is 5.32 Å². The lowest BCUT2D eigenvalue weighted by atomic mass is 10.1. The summed E-state index contributed by atoms with van der Waals surface area (Å²) >= 11 is 0. The van der Waals surface area contributed by atoms with Gasteiger partial charge in [0.15, 0.2) is 0 Å². The van der Waals surface area contributed by atoms with Gasteiger partial charge in [-0.15, -0.1) is 0 Å². The van der Waals surface area contributed by atoms with E-state index < -0.39 is 16.8 Å². The van der Waals surface area contributed by atoms with Crippen LogP contribution in [-0.4, -0.2) is 16.8 Å². The van der Waals surface area contributed by atoms with Crippen LogP contribution in [0.2, 0.25) is 0 Å². The molecule has 8 nitrogen and oxygen atoms in total. The monoisotopic (exact) mass is 427 g/mol. The summed E-state index contributed by atoms with van der Waals surface area (Å²) in [4.78, 5) is 35.3. The second-order valence-electron chi connectivity index (χ2n) is 6.72. The van der Waals surface area contributed by atoms with Gasteiger partial charge in [-0.1, -0.05) is 42.0 Å². The van der Waals surface area contributed by atoms with Crippen molar-refractivity contribution in [2.45, 2.75) is 6.92 Å². The van der Waals surface area contributed by atoms with Gasteiger partial charge in [-0.05, 0) is 37.3 Å². The Balaban J connectivity index is 1.83. The van der Waals surface area contributed by atoms with E-state index in [0.717, 1.165) is 5.56 Å². The molecule has 1 N–H and O–H groups in total. The van der Waals surface area contributed by atoms with E-state index in [1.165, 1.54) is 30.3 Å². The third-order valence-corrected chi connectivity index (χ3v) is 4.39. The second-order valence-corrected chi connectivity index (χ2v) is 6.72. The van der Waals surface area contributed by atoms with Crippen LogP contribution in [0.3, 0.4) is 0 Å². The minimum atomic E-state index is -0.757. The fraction of sp³-hybridized carbons (Fsp3) is 0.0417. The van der Waals surface area contributed by atoms with Crippen LogP contribution in [-0.2, 0) is 4.79 Å². The largest absolute Gasteiger partial charge is 0.422 e. The molecular formula is C24H17N3O5. The fourth-order valence-electron chi connectivity index (χ4n) is 2.74. The standard InChI is InChI=1S/C24H17N3O5/c1-16-9-11-17(12-10-16)24(29)32-22-8-3-2-5-18(22)13-19(15-25)23(28)26-20-6-4-7-21(14-20)27(30)31/h2-14H,1H3,(H,26,28)/b19-13+. The second kappa shape index (κ2) is 9.82. The molecule has 0 bridgehead atoms. The van der Waals surface area contributed by atoms with Crippen molar-refractivity contribution in [3.05, 3.63) is 105 Å². The van der Waals surface area contributed by atoms with E-state index in [0.29, 0.717) is 11.1 Å². The number of carbonyl (C=O) groups excluding carboxylic acids is 2. The summed E-state index contributed by atoms with van der Waals surface area (Å²) in [6.07, 6.45) is 1.28. The third kappa shape index (κ3) is 5.43. The number of non-ortho nitro benzene ring substituents is 1. The highest BCUT2D eigenvalue weighted by Crippen LogP contribution is 2.23. The van der Waals surface area contributed by atoms with Crippen LogP contribution in [0.25, 0.3) is 6.08 Å². The van der Waals surface area contributed by atoms with E-state index in [4.69, 9.17) is 4.74 Å². The number of amides is 1. The van der Waals surface area contributed by atoms with E-state index in [1.807, 2.05) is 6.92 Å². The zero-order valence-corrected chi connectivity index (χ0v) is 16.9. The number of anilines is 1. The maximum absolute atomic E-state index is 12.5. The predicted octanol–water partition coefficient (Wildman–Crippen LogP) is 4.67. The lowest BCUT2D eigenvalue weighted by molar-refractivity contribution is -0.384. The van der Waals surface area contributed by atoms with Crippen molar-refractivity contribution in [1.82, 2.24) is 0 Å². The molecule has 8 heteroatoms. The van der Waals surface area contributed by atoms with E-state index in [9.17, 15) is 25.0 Å². The van der Waals surface area contributed by atoms with Crippen LogP contribution >= 0.6 is 0 Å². The molecule has 1 amide bonds. The van der Waals surface area contributed by atoms with Crippen LogP contribution in [0.5, 0.6) is 5.75 Å². The van der Waals surface area contributed by atoms with Crippen molar-refractivity contribution in [3.63, 3.8) is 0 Å². The minimum absolute atomic E-state index is 0.171. The number of nitrogens with one attached hydrogen (secondary N) is 1. The van der Waals surface area contributed by atoms with Gasteiger partial charge in [0.05, 0.1) is 10.5 Å². The van der Waals surface area contributed by atoms with Gasteiger partial charge in [0.2, 0.25) is 0 Å². The zero-order chi connectivity index (χ0) is 23.1. The van der Waals surface area contributed by atoms with Gasteiger partial charge in [-0.3, -0.25) is 14.9 Å². The van der Waals surface area contributed by atoms with E-state index in [-0.39, 0.29) is 22.7 Å². The maximum Gasteiger partial charge on any atom is 0.343 e. The Morgan fingerprint density at radius 3 is 2.47 bits per heavy atom.